The number of benzene rings is 2. The van der Waals surface area contributed by atoms with Gasteiger partial charge in [-0.05, 0) is 55.1 Å². The van der Waals surface area contributed by atoms with Crippen LogP contribution in [0.15, 0.2) is 67.0 Å². The number of anilines is 2. The largest absolute Gasteiger partial charge is 0.438 e. The molecule has 0 bridgehead atoms. The van der Waals surface area contributed by atoms with Gasteiger partial charge in [-0.2, -0.15) is 18.2 Å². The first-order chi connectivity index (χ1) is 21.1. The molecule has 1 aliphatic rings. The second-order valence-electron chi connectivity index (χ2n) is 10.3. The molecule has 1 aliphatic heterocycles. The molecule has 0 saturated carbocycles. The van der Waals surface area contributed by atoms with Gasteiger partial charge in [-0.15, -0.1) is 0 Å². The number of amides is 1. The minimum absolute atomic E-state index is 0.0254. The van der Waals surface area contributed by atoms with Crippen molar-refractivity contribution in [3.8, 4) is 23.0 Å². The Morgan fingerprint density at radius 2 is 1.86 bits per heavy atom. The second-order valence-corrected chi connectivity index (χ2v) is 10.3. The Balaban J connectivity index is 1.36. The Morgan fingerprint density at radius 1 is 1.07 bits per heavy atom. The second kappa shape index (κ2) is 13.2. The zero-order chi connectivity index (χ0) is 31.3. The van der Waals surface area contributed by atoms with Crippen molar-refractivity contribution in [1.82, 2.24) is 24.8 Å². The third-order valence-corrected chi connectivity index (χ3v) is 7.19. The smallest absolute Gasteiger partial charge is 0.416 e. The minimum atomic E-state index is -4.58. The molecule has 0 spiro atoms. The number of piperazine rings is 1. The van der Waals surface area contributed by atoms with Gasteiger partial charge in [0.05, 0.1) is 11.1 Å². The van der Waals surface area contributed by atoms with E-state index in [0.717, 1.165) is 25.4 Å². The Bertz CT molecular complexity index is 1640. The Kier molecular flexibility index (Phi) is 9.16. The number of halogens is 3. The summed E-state index contributed by atoms with van der Waals surface area (Å²) in [5.41, 5.74) is 0.479. The molecule has 0 aliphatic carbocycles. The lowest BCUT2D eigenvalue weighted by molar-refractivity contribution is -0.138. The van der Waals surface area contributed by atoms with Gasteiger partial charge in [0.2, 0.25) is 5.88 Å². The van der Waals surface area contributed by atoms with Crippen LogP contribution in [0, 0.1) is 5.41 Å². The topological polar surface area (TPSA) is 119 Å². The van der Waals surface area contributed by atoms with Crippen LogP contribution in [0.1, 0.15) is 27.0 Å². The number of alkyl halides is 3. The fourth-order valence-corrected chi connectivity index (χ4v) is 4.79. The van der Waals surface area contributed by atoms with Crippen molar-refractivity contribution in [2.75, 3.05) is 50.9 Å². The van der Waals surface area contributed by atoms with Crippen molar-refractivity contribution in [2.24, 2.45) is 0 Å². The predicted molar refractivity (Wildman–Crippen MR) is 161 cm³/mol. The van der Waals surface area contributed by atoms with E-state index in [2.05, 4.69) is 30.5 Å². The van der Waals surface area contributed by atoms with Crippen molar-refractivity contribution in [3.05, 3.63) is 89.2 Å². The number of rotatable bonds is 9. The molecule has 1 fully saturated rings. The Hall–Kier alpha value is -4.88. The standard InChI is InChI=1S/C31H31F3N8O2/c1-36-28-25(17-35)30(40-27(39-28)21-6-4-10-37-18-21)44-24-7-3-5-20(15-24)29(43)38-23-9-8-22(26(16-23)31(32,33)34)19-42-13-11-41(2)12-14-42/h3-10,15-18,35H,11-14,19H2,1-2H3,(H,38,43)(H,36,39,40). The summed E-state index contributed by atoms with van der Waals surface area (Å²) in [4.78, 5) is 30.3. The SMILES string of the molecule is CNc1nc(-c2cccnc2)nc(Oc2cccc(C(=O)Nc3ccc(CN4CCN(C)CC4)c(C(F)(F)F)c3)c2)c1C=N. The van der Waals surface area contributed by atoms with Gasteiger partial charge in [0, 0.05) is 75.2 Å². The van der Waals surface area contributed by atoms with E-state index in [9.17, 15) is 18.0 Å². The Morgan fingerprint density at radius 3 is 2.55 bits per heavy atom. The van der Waals surface area contributed by atoms with Gasteiger partial charge < -0.3 is 25.7 Å². The number of likely N-dealkylation sites (N-methyl/N-ethyl adjacent to an activating group) is 1. The van der Waals surface area contributed by atoms with E-state index in [1.807, 2.05) is 11.9 Å². The van der Waals surface area contributed by atoms with Crippen LogP contribution < -0.4 is 15.4 Å². The molecule has 3 N–H and O–H groups in total. The summed E-state index contributed by atoms with van der Waals surface area (Å²) < 4.78 is 48.1. The molecule has 4 aromatic rings. The summed E-state index contributed by atoms with van der Waals surface area (Å²) in [5.74, 6) is 0.360. The van der Waals surface area contributed by atoms with Crippen molar-refractivity contribution in [3.63, 3.8) is 0 Å². The maximum atomic E-state index is 14.0. The lowest BCUT2D eigenvalue weighted by Gasteiger charge is -2.33. The number of pyridine rings is 1. The molecule has 10 nitrogen and oxygen atoms in total. The molecule has 13 heteroatoms. The van der Waals surface area contributed by atoms with Gasteiger partial charge in [0.15, 0.2) is 5.82 Å². The zero-order valence-electron chi connectivity index (χ0n) is 24.2. The average Bonchev–Trinajstić information content (AvgIpc) is 3.02. The van der Waals surface area contributed by atoms with Crippen LogP contribution in [0.25, 0.3) is 11.4 Å². The molecule has 44 heavy (non-hydrogen) atoms. The predicted octanol–water partition coefficient (Wildman–Crippen LogP) is 5.39. The molecule has 1 amide bonds. The number of hydrogen-bond acceptors (Lipinski definition) is 9. The normalized spacial score (nSPS) is 14.2. The van der Waals surface area contributed by atoms with Crippen molar-refractivity contribution in [1.29, 1.82) is 5.41 Å². The zero-order valence-corrected chi connectivity index (χ0v) is 24.2. The van der Waals surface area contributed by atoms with Crippen LogP contribution in [0.2, 0.25) is 0 Å². The third-order valence-electron chi connectivity index (χ3n) is 7.19. The van der Waals surface area contributed by atoms with E-state index in [-0.39, 0.29) is 40.6 Å². The highest BCUT2D eigenvalue weighted by molar-refractivity contribution is 6.04. The number of nitrogens with one attached hydrogen (secondary N) is 3. The van der Waals surface area contributed by atoms with E-state index in [0.29, 0.717) is 30.3 Å². The molecule has 5 rings (SSSR count). The monoisotopic (exact) mass is 604 g/mol. The van der Waals surface area contributed by atoms with E-state index in [1.165, 1.54) is 24.3 Å². The van der Waals surface area contributed by atoms with E-state index >= 15 is 0 Å². The molecular weight excluding hydrogens is 573 g/mol. The van der Waals surface area contributed by atoms with Gasteiger partial charge in [-0.3, -0.25) is 14.7 Å². The van der Waals surface area contributed by atoms with Gasteiger partial charge in [0.1, 0.15) is 11.6 Å². The maximum absolute atomic E-state index is 14.0. The fraction of sp³-hybridized carbons (Fsp3) is 0.258. The highest BCUT2D eigenvalue weighted by Crippen LogP contribution is 2.35. The average molecular weight is 605 g/mol. The summed E-state index contributed by atoms with van der Waals surface area (Å²) in [7, 11) is 3.64. The van der Waals surface area contributed by atoms with Crippen molar-refractivity contribution < 1.29 is 22.7 Å². The van der Waals surface area contributed by atoms with Crippen LogP contribution in [0.5, 0.6) is 11.6 Å². The van der Waals surface area contributed by atoms with E-state index < -0.39 is 17.6 Å². The van der Waals surface area contributed by atoms with E-state index in [1.54, 1.807) is 43.7 Å². The van der Waals surface area contributed by atoms with Gasteiger partial charge >= 0.3 is 6.18 Å². The summed E-state index contributed by atoms with van der Waals surface area (Å²) >= 11 is 0. The lowest BCUT2D eigenvalue weighted by Crippen LogP contribution is -2.44. The van der Waals surface area contributed by atoms with E-state index in [4.69, 9.17) is 10.1 Å². The number of aromatic nitrogens is 3. The number of nitrogens with zero attached hydrogens (tertiary/aromatic N) is 5. The molecule has 0 radical (unpaired) electrons. The van der Waals surface area contributed by atoms with Crippen molar-refractivity contribution >= 4 is 23.6 Å². The quantitative estimate of drug-likeness (QED) is 0.218. The maximum Gasteiger partial charge on any atom is 0.416 e. The van der Waals surface area contributed by atoms with Crippen LogP contribution in [0.4, 0.5) is 24.7 Å². The number of carbonyl (C=O) groups excluding carboxylic acids is 1. The molecule has 3 heterocycles. The summed E-state index contributed by atoms with van der Waals surface area (Å²) in [6.45, 7) is 3.12. The first-order valence-electron chi connectivity index (χ1n) is 13.9. The molecule has 0 unspecified atom stereocenters. The molecular formula is C31H31F3N8O2. The summed E-state index contributed by atoms with van der Waals surface area (Å²) in [6, 6.07) is 13.5. The summed E-state index contributed by atoms with van der Waals surface area (Å²) in [6.07, 6.45) is -0.316. The fourth-order valence-electron chi connectivity index (χ4n) is 4.79. The van der Waals surface area contributed by atoms with Gasteiger partial charge in [-0.25, -0.2) is 4.98 Å². The Labute approximate surface area is 252 Å². The third kappa shape index (κ3) is 7.18. The van der Waals surface area contributed by atoms with Gasteiger partial charge in [0.25, 0.3) is 5.91 Å². The first kappa shape index (κ1) is 30.6. The minimum Gasteiger partial charge on any atom is -0.438 e. The van der Waals surface area contributed by atoms with Crippen LogP contribution in [-0.2, 0) is 12.7 Å². The molecule has 2 aromatic heterocycles. The van der Waals surface area contributed by atoms with Crippen LogP contribution in [0.3, 0.4) is 0 Å². The van der Waals surface area contributed by atoms with Crippen LogP contribution >= 0.6 is 0 Å². The van der Waals surface area contributed by atoms with Gasteiger partial charge in [-0.1, -0.05) is 12.1 Å². The van der Waals surface area contributed by atoms with Crippen LogP contribution in [-0.4, -0.2) is 77.1 Å². The summed E-state index contributed by atoms with van der Waals surface area (Å²) in [5, 5.41) is 13.4. The molecule has 1 saturated heterocycles. The lowest BCUT2D eigenvalue weighted by atomic mass is 10.0. The molecule has 2 aromatic carbocycles. The highest BCUT2D eigenvalue weighted by Gasteiger charge is 2.34. The molecule has 0 atom stereocenters. The number of hydrogen-bond donors (Lipinski definition) is 3. The number of ether oxygens (including phenoxy) is 1. The molecule has 228 valence electrons. The first-order valence-corrected chi connectivity index (χ1v) is 13.9. The highest BCUT2D eigenvalue weighted by atomic mass is 19.4. The number of carbonyl (C=O) groups is 1. The van der Waals surface area contributed by atoms with Crippen molar-refractivity contribution in [2.45, 2.75) is 12.7 Å².